The Balaban J connectivity index is 1.39. The number of rotatable bonds is 5. The third-order valence-corrected chi connectivity index (χ3v) is 6.27. The minimum Gasteiger partial charge on any atom is -0.340 e. The molecule has 2 aromatic heterocycles. The van der Waals surface area contributed by atoms with E-state index in [1.165, 1.54) is 5.56 Å². The van der Waals surface area contributed by atoms with Gasteiger partial charge in [-0.05, 0) is 17.7 Å². The first-order valence-corrected chi connectivity index (χ1v) is 11.4. The summed E-state index contributed by atoms with van der Waals surface area (Å²) in [5.41, 5.74) is 2.27. The molecule has 170 valence electrons. The molecule has 0 amide bonds. The number of H-pyrrole nitrogens is 1. The predicted molar refractivity (Wildman–Crippen MR) is 128 cm³/mol. The molecule has 0 aliphatic carbocycles. The zero-order valence-corrected chi connectivity index (χ0v) is 18.4. The van der Waals surface area contributed by atoms with Crippen molar-refractivity contribution in [1.82, 2.24) is 30.4 Å². The fraction of sp³-hybridized carbons (Fsp3) is 0.435. The van der Waals surface area contributed by atoms with Gasteiger partial charge >= 0.3 is 0 Å². The molecule has 33 heavy (non-hydrogen) atoms. The topological polar surface area (TPSA) is 106 Å². The van der Waals surface area contributed by atoms with Crippen molar-refractivity contribution in [2.45, 2.75) is 25.4 Å². The number of anilines is 3. The van der Waals surface area contributed by atoms with Crippen molar-refractivity contribution in [3.05, 3.63) is 57.8 Å². The molecule has 2 aliphatic rings. The average Bonchev–Trinajstić information content (AvgIpc) is 2.86. The fourth-order valence-electron chi connectivity index (χ4n) is 4.38. The van der Waals surface area contributed by atoms with Crippen LogP contribution in [0.5, 0.6) is 0 Å². The quantitative estimate of drug-likeness (QED) is 0.510. The fourth-order valence-corrected chi connectivity index (χ4v) is 4.38. The molecule has 5 rings (SSSR count). The molecule has 0 saturated carbocycles. The Kier molecular flexibility index (Phi) is 6.15. The van der Waals surface area contributed by atoms with Crippen LogP contribution < -0.4 is 21.1 Å². The maximum Gasteiger partial charge on any atom is 0.277 e. The molecule has 2 aliphatic heterocycles. The maximum atomic E-state index is 12.5. The van der Waals surface area contributed by atoms with Gasteiger partial charge in [-0.2, -0.15) is 10.1 Å². The van der Waals surface area contributed by atoms with Gasteiger partial charge in [0.2, 0.25) is 12.0 Å². The third kappa shape index (κ3) is 4.79. The number of hydrogen-bond acceptors (Lipinski definition) is 8. The van der Waals surface area contributed by atoms with Crippen molar-refractivity contribution in [3.63, 3.8) is 0 Å². The van der Waals surface area contributed by atoms with Crippen LogP contribution >= 0.6 is 0 Å². The highest BCUT2D eigenvalue weighted by molar-refractivity contribution is 5.90. The Bertz CT molecular complexity index is 1200. The van der Waals surface area contributed by atoms with E-state index in [-0.39, 0.29) is 11.6 Å². The lowest BCUT2D eigenvalue weighted by molar-refractivity contribution is 0.233. The van der Waals surface area contributed by atoms with Gasteiger partial charge < -0.3 is 20.4 Å². The predicted octanol–water partition coefficient (Wildman–Crippen LogP) is 1.75. The van der Waals surface area contributed by atoms with Crippen LogP contribution in [0.15, 0.2) is 35.3 Å². The molecule has 3 aromatic rings. The van der Waals surface area contributed by atoms with Gasteiger partial charge in [-0.3, -0.25) is 9.69 Å². The first-order chi connectivity index (χ1) is 16.2. The Morgan fingerprint density at radius 2 is 1.85 bits per heavy atom. The summed E-state index contributed by atoms with van der Waals surface area (Å²) in [6.07, 6.45) is 3.13. The summed E-state index contributed by atoms with van der Waals surface area (Å²) < 4.78 is 0. The summed E-state index contributed by atoms with van der Waals surface area (Å²) in [4.78, 5) is 30.0. The summed E-state index contributed by atoms with van der Waals surface area (Å²) in [6, 6.07) is 8.30. The molecule has 0 atom stereocenters. The lowest BCUT2D eigenvalue weighted by Crippen LogP contribution is -2.42. The molecule has 0 radical (unpaired) electrons. The Morgan fingerprint density at radius 1 is 1.09 bits per heavy atom. The van der Waals surface area contributed by atoms with Gasteiger partial charge in [-0.1, -0.05) is 12.1 Å². The molecule has 0 spiro atoms. The molecule has 2 fully saturated rings. The van der Waals surface area contributed by atoms with Crippen LogP contribution in [-0.4, -0.2) is 70.4 Å². The highest BCUT2D eigenvalue weighted by atomic mass is 16.1. The Morgan fingerprint density at radius 3 is 2.58 bits per heavy atom. The van der Waals surface area contributed by atoms with Crippen molar-refractivity contribution < 1.29 is 0 Å². The van der Waals surface area contributed by atoms with Gasteiger partial charge in [0.1, 0.15) is 16.7 Å². The summed E-state index contributed by atoms with van der Waals surface area (Å²) in [5.74, 6) is 1.01. The van der Waals surface area contributed by atoms with E-state index in [9.17, 15) is 4.79 Å². The third-order valence-electron chi connectivity index (χ3n) is 6.27. The van der Waals surface area contributed by atoms with E-state index in [2.05, 4.69) is 52.6 Å². The first kappa shape index (κ1) is 21.3. The largest absolute Gasteiger partial charge is 0.340 e. The molecule has 10 heteroatoms. The number of nitrogens with one attached hydrogen (secondary N) is 3. The van der Waals surface area contributed by atoms with E-state index in [0.717, 1.165) is 64.3 Å². The zero-order valence-electron chi connectivity index (χ0n) is 18.4. The second-order valence-corrected chi connectivity index (χ2v) is 8.53. The first-order valence-electron chi connectivity index (χ1n) is 11.4. The normalized spacial score (nSPS) is 17.7. The zero-order chi connectivity index (χ0) is 22.6. The van der Waals surface area contributed by atoms with E-state index in [0.29, 0.717) is 22.7 Å². The molecular formula is C23H27N9O. The second-order valence-electron chi connectivity index (χ2n) is 8.53. The van der Waals surface area contributed by atoms with Crippen LogP contribution in [0.25, 0.3) is 15.7 Å². The van der Waals surface area contributed by atoms with Crippen molar-refractivity contribution in [2.24, 2.45) is 0 Å². The minimum atomic E-state index is -0.330. The molecule has 2 saturated heterocycles. The minimum absolute atomic E-state index is 0.0588. The van der Waals surface area contributed by atoms with Gasteiger partial charge in [-0.15, -0.1) is 0 Å². The number of aromatic amines is 1. The van der Waals surface area contributed by atoms with Crippen molar-refractivity contribution in [1.29, 1.82) is 0 Å². The monoisotopic (exact) mass is 445 g/mol. The van der Waals surface area contributed by atoms with E-state index in [1.54, 1.807) is 6.20 Å². The molecule has 4 heterocycles. The van der Waals surface area contributed by atoms with Gasteiger partial charge in [0.25, 0.3) is 5.56 Å². The number of benzene rings is 1. The standard InChI is InChI=1S/C23H27N9O/c1-24-17-6-10-32(11-7-17)23-28-19-14-26-30-22(33)20(19)21(29-23)27-18-4-2-16(3-5-18)15-31-12-8-25-9-13-31/h2-5,14,17,25H,6-13,15H2,(H,30,33)(H,27,28,29). The van der Waals surface area contributed by atoms with Crippen molar-refractivity contribution >= 4 is 28.4 Å². The highest BCUT2D eigenvalue weighted by Crippen LogP contribution is 2.26. The number of nitrogens with zero attached hydrogens (tertiary/aromatic N) is 6. The Labute approximate surface area is 191 Å². The Hall–Kier alpha value is -3.55. The molecule has 1 aromatic carbocycles. The molecule has 0 unspecified atom stereocenters. The van der Waals surface area contributed by atoms with Crippen LogP contribution in [0.2, 0.25) is 0 Å². The van der Waals surface area contributed by atoms with Crippen LogP contribution in [-0.2, 0) is 6.54 Å². The van der Waals surface area contributed by atoms with Crippen LogP contribution in [0.3, 0.4) is 0 Å². The highest BCUT2D eigenvalue weighted by Gasteiger charge is 2.25. The van der Waals surface area contributed by atoms with Crippen molar-refractivity contribution in [3.8, 4) is 0 Å². The van der Waals surface area contributed by atoms with Gasteiger partial charge in [0, 0.05) is 64.3 Å². The lowest BCUT2D eigenvalue weighted by atomic mass is 10.1. The number of fused-ring (bicyclic) bond motifs is 1. The van der Waals surface area contributed by atoms with Gasteiger partial charge in [0.05, 0.1) is 6.20 Å². The smallest absolute Gasteiger partial charge is 0.277 e. The lowest BCUT2D eigenvalue weighted by Gasteiger charge is -2.27. The maximum absolute atomic E-state index is 12.5. The van der Waals surface area contributed by atoms with Crippen LogP contribution in [0.4, 0.5) is 17.5 Å². The summed E-state index contributed by atoms with van der Waals surface area (Å²) in [6.45, 7) is 13.8. The second kappa shape index (κ2) is 9.52. The summed E-state index contributed by atoms with van der Waals surface area (Å²) in [5, 5.41) is 13.5. The van der Waals surface area contributed by atoms with Gasteiger partial charge in [-0.25, -0.2) is 16.7 Å². The number of hydrogen-bond donors (Lipinski definition) is 3. The molecular weight excluding hydrogens is 418 g/mol. The molecule has 10 nitrogen and oxygen atoms in total. The number of aromatic nitrogens is 4. The molecule has 3 N–H and O–H groups in total. The van der Waals surface area contributed by atoms with Crippen molar-refractivity contribution in [2.75, 3.05) is 49.5 Å². The molecule has 0 bridgehead atoms. The van der Waals surface area contributed by atoms with E-state index in [4.69, 9.17) is 11.6 Å². The van der Waals surface area contributed by atoms with E-state index >= 15 is 0 Å². The van der Waals surface area contributed by atoms with Crippen LogP contribution in [0, 0.1) is 6.57 Å². The summed E-state index contributed by atoms with van der Waals surface area (Å²) >= 11 is 0. The number of piperidine rings is 1. The van der Waals surface area contributed by atoms with E-state index in [1.807, 2.05) is 12.1 Å². The van der Waals surface area contributed by atoms with E-state index < -0.39 is 0 Å². The van der Waals surface area contributed by atoms with Crippen LogP contribution in [0.1, 0.15) is 18.4 Å². The summed E-state index contributed by atoms with van der Waals surface area (Å²) in [7, 11) is 0. The van der Waals surface area contributed by atoms with Gasteiger partial charge in [0.15, 0.2) is 0 Å². The SMILES string of the molecule is [C-]#[N+]C1CCN(c2nc(Nc3ccc(CN4CCNCC4)cc3)c3c(=O)[nH]ncc3n2)CC1. The number of piperazine rings is 1. The average molecular weight is 446 g/mol.